The van der Waals surface area contributed by atoms with E-state index in [9.17, 15) is 4.79 Å². The minimum atomic E-state index is -0.810. The molecule has 88 valence electrons. The molecule has 0 saturated heterocycles. The van der Waals surface area contributed by atoms with E-state index >= 15 is 0 Å². The fraction of sp³-hybridized carbons (Fsp3) is 0.462. The van der Waals surface area contributed by atoms with Crippen LogP contribution in [-0.4, -0.2) is 23.8 Å². The summed E-state index contributed by atoms with van der Waals surface area (Å²) in [5.41, 5.74) is 1.29. The number of hydrogen-bond donors (Lipinski definition) is 1. The summed E-state index contributed by atoms with van der Waals surface area (Å²) in [6.07, 6.45) is 1.77. The molecule has 1 rings (SSSR count). The maximum absolute atomic E-state index is 10.4. The second-order valence-corrected chi connectivity index (χ2v) is 3.87. The molecule has 0 aromatic heterocycles. The summed E-state index contributed by atoms with van der Waals surface area (Å²) in [5.74, 6) is -0.810. The Morgan fingerprint density at radius 2 is 2.06 bits per heavy atom. The van der Waals surface area contributed by atoms with Gasteiger partial charge in [0, 0.05) is 6.61 Å². The van der Waals surface area contributed by atoms with Crippen molar-refractivity contribution in [2.45, 2.75) is 32.3 Å². The van der Waals surface area contributed by atoms with E-state index < -0.39 is 5.97 Å². The molecule has 1 aromatic rings. The van der Waals surface area contributed by atoms with Gasteiger partial charge in [-0.1, -0.05) is 30.3 Å². The number of carboxylic acid groups (broad SMARTS) is 1. The average molecular weight is 222 g/mol. The molecular formula is C13H18O3. The lowest BCUT2D eigenvalue weighted by Crippen LogP contribution is -2.14. The Labute approximate surface area is 96.1 Å². The number of aryl methyl sites for hydroxylation is 1. The number of hydrogen-bond acceptors (Lipinski definition) is 2. The van der Waals surface area contributed by atoms with E-state index in [1.54, 1.807) is 6.92 Å². The number of ether oxygens (including phenoxy) is 1. The number of benzene rings is 1. The highest BCUT2D eigenvalue weighted by atomic mass is 16.5. The van der Waals surface area contributed by atoms with Crippen LogP contribution in [0.2, 0.25) is 0 Å². The highest BCUT2D eigenvalue weighted by Crippen LogP contribution is 2.04. The summed E-state index contributed by atoms with van der Waals surface area (Å²) in [5, 5.41) is 8.54. The molecule has 0 unspecified atom stereocenters. The topological polar surface area (TPSA) is 46.5 Å². The van der Waals surface area contributed by atoms with Crippen molar-refractivity contribution in [1.82, 2.24) is 0 Å². The molecule has 1 aromatic carbocycles. The Balaban J connectivity index is 2.10. The van der Waals surface area contributed by atoms with Crippen LogP contribution in [-0.2, 0) is 16.0 Å². The number of carboxylic acids is 1. The second kappa shape index (κ2) is 7.01. The van der Waals surface area contributed by atoms with Gasteiger partial charge in [0.15, 0.2) is 0 Å². The number of aliphatic carboxylic acids is 1. The Morgan fingerprint density at radius 1 is 1.38 bits per heavy atom. The van der Waals surface area contributed by atoms with Crippen LogP contribution in [0.4, 0.5) is 0 Å². The number of carbonyl (C=O) groups is 1. The molecule has 0 radical (unpaired) electrons. The molecule has 0 aliphatic rings. The lowest BCUT2D eigenvalue weighted by atomic mass is 10.1. The lowest BCUT2D eigenvalue weighted by Gasteiger charge is -2.10. The third-order valence-electron chi connectivity index (χ3n) is 2.32. The smallest absolute Gasteiger partial charge is 0.305 e. The van der Waals surface area contributed by atoms with Gasteiger partial charge < -0.3 is 9.84 Å². The van der Waals surface area contributed by atoms with E-state index in [0.717, 1.165) is 12.8 Å². The fourth-order valence-electron chi connectivity index (χ4n) is 1.51. The summed E-state index contributed by atoms with van der Waals surface area (Å²) in [4.78, 5) is 10.4. The van der Waals surface area contributed by atoms with Gasteiger partial charge in [0.1, 0.15) is 0 Å². The molecule has 0 bridgehead atoms. The molecule has 1 N–H and O–H groups in total. The monoisotopic (exact) mass is 222 g/mol. The van der Waals surface area contributed by atoms with E-state index in [0.29, 0.717) is 6.61 Å². The molecule has 0 fully saturated rings. The van der Waals surface area contributed by atoms with E-state index in [4.69, 9.17) is 9.84 Å². The summed E-state index contributed by atoms with van der Waals surface area (Å²) < 4.78 is 5.39. The zero-order valence-corrected chi connectivity index (χ0v) is 9.56. The SMILES string of the molecule is C[C@H](CC(=O)O)OCCCc1ccccc1. The van der Waals surface area contributed by atoms with Crippen LogP contribution in [0, 0.1) is 0 Å². The van der Waals surface area contributed by atoms with Gasteiger partial charge in [0.2, 0.25) is 0 Å². The molecule has 0 amide bonds. The average Bonchev–Trinajstić information content (AvgIpc) is 2.25. The van der Waals surface area contributed by atoms with Crippen LogP contribution < -0.4 is 0 Å². The van der Waals surface area contributed by atoms with Crippen molar-refractivity contribution in [1.29, 1.82) is 0 Å². The Hall–Kier alpha value is -1.35. The van der Waals surface area contributed by atoms with Crippen molar-refractivity contribution in [3.05, 3.63) is 35.9 Å². The minimum Gasteiger partial charge on any atom is -0.481 e. The first-order valence-electron chi connectivity index (χ1n) is 5.56. The van der Waals surface area contributed by atoms with Crippen LogP contribution in [0.15, 0.2) is 30.3 Å². The van der Waals surface area contributed by atoms with E-state index in [1.807, 2.05) is 18.2 Å². The van der Waals surface area contributed by atoms with Gasteiger partial charge in [-0.3, -0.25) is 4.79 Å². The maximum Gasteiger partial charge on any atom is 0.305 e. The number of rotatable bonds is 7. The third-order valence-corrected chi connectivity index (χ3v) is 2.32. The minimum absolute atomic E-state index is 0.0747. The largest absolute Gasteiger partial charge is 0.481 e. The molecule has 0 heterocycles. The van der Waals surface area contributed by atoms with Crippen molar-refractivity contribution in [3.63, 3.8) is 0 Å². The van der Waals surface area contributed by atoms with Gasteiger partial charge in [-0.05, 0) is 25.3 Å². The second-order valence-electron chi connectivity index (χ2n) is 3.87. The van der Waals surface area contributed by atoms with Crippen LogP contribution in [0.25, 0.3) is 0 Å². The van der Waals surface area contributed by atoms with Crippen molar-refractivity contribution in [2.75, 3.05) is 6.61 Å². The highest BCUT2D eigenvalue weighted by Gasteiger charge is 2.06. The van der Waals surface area contributed by atoms with Crippen LogP contribution in [0.3, 0.4) is 0 Å². The van der Waals surface area contributed by atoms with E-state index in [-0.39, 0.29) is 12.5 Å². The predicted molar refractivity (Wildman–Crippen MR) is 62.4 cm³/mol. The Morgan fingerprint density at radius 3 is 2.69 bits per heavy atom. The molecular weight excluding hydrogens is 204 g/mol. The van der Waals surface area contributed by atoms with Gasteiger partial charge in [0.05, 0.1) is 12.5 Å². The standard InChI is InChI=1S/C13H18O3/c1-11(10-13(14)15)16-9-5-8-12-6-3-2-4-7-12/h2-4,6-7,11H,5,8-10H2,1H3,(H,14,15)/t11-/m1/s1. The first kappa shape index (κ1) is 12.7. The Kier molecular flexibility index (Phi) is 5.57. The zero-order chi connectivity index (χ0) is 11.8. The molecule has 1 atom stereocenters. The molecule has 0 saturated carbocycles. The van der Waals surface area contributed by atoms with E-state index in [2.05, 4.69) is 12.1 Å². The quantitative estimate of drug-likeness (QED) is 0.721. The van der Waals surface area contributed by atoms with Crippen molar-refractivity contribution in [3.8, 4) is 0 Å². The van der Waals surface area contributed by atoms with Gasteiger partial charge in [-0.25, -0.2) is 0 Å². The van der Waals surface area contributed by atoms with Crippen LogP contribution in [0.1, 0.15) is 25.3 Å². The van der Waals surface area contributed by atoms with Gasteiger partial charge in [-0.15, -0.1) is 0 Å². The lowest BCUT2D eigenvalue weighted by molar-refractivity contribution is -0.139. The zero-order valence-electron chi connectivity index (χ0n) is 9.56. The maximum atomic E-state index is 10.4. The summed E-state index contributed by atoms with van der Waals surface area (Å²) in [7, 11) is 0. The normalized spacial score (nSPS) is 12.3. The molecule has 0 aliphatic carbocycles. The molecule has 3 heteroatoms. The highest BCUT2D eigenvalue weighted by molar-refractivity contribution is 5.67. The van der Waals surface area contributed by atoms with Crippen molar-refractivity contribution in [2.24, 2.45) is 0 Å². The third kappa shape index (κ3) is 5.51. The summed E-state index contributed by atoms with van der Waals surface area (Å²) >= 11 is 0. The molecule has 16 heavy (non-hydrogen) atoms. The first-order valence-corrected chi connectivity index (χ1v) is 5.56. The first-order chi connectivity index (χ1) is 7.68. The van der Waals surface area contributed by atoms with Crippen molar-refractivity contribution < 1.29 is 14.6 Å². The van der Waals surface area contributed by atoms with Crippen molar-refractivity contribution >= 4 is 5.97 Å². The predicted octanol–water partition coefficient (Wildman–Crippen LogP) is 2.50. The van der Waals surface area contributed by atoms with Gasteiger partial charge in [-0.2, -0.15) is 0 Å². The van der Waals surface area contributed by atoms with Crippen LogP contribution in [0.5, 0.6) is 0 Å². The summed E-state index contributed by atoms with van der Waals surface area (Å²) in [6, 6.07) is 10.2. The van der Waals surface area contributed by atoms with Gasteiger partial charge in [0.25, 0.3) is 0 Å². The molecule has 3 nitrogen and oxygen atoms in total. The Bertz CT molecular complexity index is 308. The molecule has 0 spiro atoms. The van der Waals surface area contributed by atoms with Crippen LogP contribution >= 0.6 is 0 Å². The summed E-state index contributed by atoms with van der Waals surface area (Å²) in [6.45, 7) is 2.40. The fourth-order valence-corrected chi connectivity index (χ4v) is 1.51. The molecule has 0 aliphatic heterocycles. The van der Waals surface area contributed by atoms with E-state index in [1.165, 1.54) is 5.56 Å². The van der Waals surface area contributed by atoms with Gasteiger partial charge >= 0.3 is 5.97 Å².